The molecule has 6 heteroatoms. The molecule has 1 aromatic rings. The highest BCUT2D eigenvalue weighted by atomic mass is 16.1. The topological polar surface area (TPSA) is 84.1 Å². The van der Waals surface area contributed by atoms with Crippen molar-refractivity contribution < 1.29 is 4.79 Å². The van der Waals surface area contributed by atoms with Gasteiger partial charge in [-0.05, 0) is 12.3 Å². The van der Waals surface area contributed by atoms with Crippen LogP contribution in [0.5, 0.6) is 0 Å². The average Bonchev–Trinajstić information content (AvgIpc) is 2.36. The van der Waals surface area contributed by atoms with Gasteiger partial charge in [0.1, 0.15) is 5.82 Å². The molecule has 0 saturated carbocycles. The molecule has 0 spiro atoms. The fraction of sp³-hybridized carbons (Fsp3) is 0.643. The van der Waals surface area contributed by atoms with Gasteiger partial charge in [0.15, 0.2) is 0 Å². The summed E-state index contributed by atoms with van der Waals surface area (Å²) < 4.78 is 0. The summed E-state index contributed by atoms with van der Waals surface area (Å²) in [6.07, 6.45) is 4.51. The minimum Gasteiger partial charge on any atom is -0.369 e. The normalized spacial score (nSPS) is 11.1. The van der Waals surface area contributed by atoms with E-state index in [0.29, 0.717) is 12.5 Å². The Morgan fingerprint density at radius 3 is 2.65 bits per heavy atom. The zero-order chi connectivity index (χ0) is 15.0. The van der Waals surface area contributed by atoms with Crippen LogP contribution < -0.4 is 11.1 Å². The number of aromatic nitrogens is 2. The Bertz CT molecular complexity index is 405. The van der Waals surface area contributed by atoms with Crippen LogP contribution in [0, 0.1) is 5.92 Å². The van der Waals surface area contributed by atoms with E-state index in [4.69, 9.17) is 5.73 Å². The van der Waals surface area contributed by atoms with E-state index in [9.17, 15) is 4.79 Å². The van der Waals surface area contributed by atoms with Gasteiger partial charge in [0.2, 0.25) is 5.91 Å². The molecule has 0 aliphatic carbocycles. The van der Waals surface area contributed by atoms with Crippen molar-refractivity contribution in [1.82, 2.24) is 14.9 Å². The maximum atomic E-state index is 11.1. The Hall–Kier alpha value is -1.69. The number of rotatable bonds is 9. The van der Waals surface area contributed by atoms with Gasteiger partial charge in [-0.1, -0.05) is 20.8 Å². The molecule has 1 heterocycles. The molecule has 6 nitrogen and oxygen atoms in total. The minimum atomic E-state index is -0.320. The molecule has 0 aromatic carbocycles. The van der Waals surface area contributed by atoms with Crippen molar-refractivity contribution in [3.63, 3.8) is 0 Å². The number of amides is 1. The highest BCUT2D eigenvalue weighted by molar-refractivity contribution is 5.75. The summed E-state index contributed by atoms with van der Waals surface area (Å²) in [6, 6.07) is 0. The molecular weight excluding hydrogens is 254 g/mol. The smallest absolute Gasteiger partial charge is 0.231 e. The fourth-order valence-electron chi connectivity index (χ4n) is 1.93. The molecule has 3 N–H and O–H groups in total. The van der Waals surface area contributed by atoms with Crippen molar-refractivity contribution in [3.05, 3.63) is 18.1 Å². The number of nitrogens with zero attached hydrogens (tertiary/aromatic N) is 3. The van der Waals surface area contributed by atoms with Gasteiger partial charge in [0.05, 0.1) is 24.6 Å². The van der Waals surface area contributed by atoms with Crippen molar-refractivity contribution in [1.29, 1.82) is 0 Å². The third-order valence-electron chi connectivity index (χ3n) is 2.65. The van der Waals surface area contributed by atoms with Gasteiger partial charge in [0, 0.05) is 19.6 Å². The van der Waals surface area contributed by atoms with Gasteiger partial charge in [-0.15, -0.1) is 0 Å². The molecule has 1 aromatic heterocycles. The van der Waals surface area contributed by atoms with Gasteiger partial charge in [-0.2, -0.15) is 0 Å². The van der Waals surface area contributed by atoms with Crippen LogP contribution in [0.25, 0.3) is 0 Å². The number of primary amides is 1. The summed E-state index contributed by atoms with van der Waals surface area (Å²) >= 11 is 0. The van der Waals surface area contributed by atoms with Crippen LogP contribution in [-0.2, 0) is 11.3 Å². The van der Waals surface area contributed by atoms with Crippen LogP contribution in [0.1, 0.15) is 32.9 Å². The molecule has 0 aliphatic rings. The van der Waals surface area contributed by atoms with Crippen molar-refractivity contribution in [2.24, 2.45) is 11.7 Å². The molecule has 0 aliphatic heterocycles. The number of anilines is 1. The summed E-state index contributed by atoms with van der Waals surface area (Å²) in [5.74, 6) is 0.925. The molecule has 0 fully saturated rings. The third kappa shape index (κ3) is 6.47. The van der Waals surface area contributed by atoms with Crippen molar-refractivity contribution in [2.45, 2.75) is 33.7 Å². The molecule has 20 heavy (non-hydrogen) atoms. The van der Waals surface area contributed by atoms with Gasteiger partial charge in [-0.3, -0.25) is 14.7 Å². The standard InChI is InChI=1S/C14H25N5O/c1-4-5-16-14-7-17-12(6-18-14)9-19(8-11(2)3)10-13(15)20/h6-7,11H,4-5,8-10H2,1-3H3,(H2,15,20)(H,16,18). The van der Waals surface area contributed by atoms with Crippen LogP contribution in [-0.4, -0.2) is 40.4 Å². The second kappa shape index (κ2) is 8.47. The monoisotopic (exact) mass is 279 g/mol. The number of carbonyl (C=O) groups excluding carboxylic acids is 1. The lowest BCUT2D eigenvalue weighted by atomic mass is 10.2. The lowest BCUT2D eigenvalue weighted by molar-refractivity contribution is -0.119. The zero-order valence-corrected chi connectivity index (χ0v) is 12.6. The van der Waals surface area contributed by atoms with Crippen molar-refractivity contribution in [3.8, 4) is 0 Å². The first kappa shape index (κ1) is 16.4. The predicted molar refractivity (Wildman–Crippen MR) is 80.1 cm³/mol. The van der Waals surface area contributed by atoms with Crippen LogP contribution in [0.2, 0.25) is 0 Å². The molecule has 0 radical (unpaired) electrons. The SMILES string of the molecule is CCCNc1cnc(CN(CC(N)=O)CC(C)C)cn1. The van der Waals surface area contributed by atoms with E-state index in [0.717, 1.165) is 31.0 Å². The Labute approximate surface area is 120 Å². The van der Waals surface area contributed by atoms with E-state index in [1.165, 1.54) is 0 Å². The number of nitrogens with two attached hydrogens (primary N) is 1. The van der Waals surface area contributed by atoms with E-state index in [-0.39, 0.29) is 12.5 Å². The Kier molecular flexibility index (Phi) is 6.93. The van der Waals surface area contributed by atoms with Crippen LogP contribution in [0.3, 0.4) is 0 Å². The van der Waals surface area contributed by atoms with Crippen molar-refractivity contribution in [2.75, 3.05) is 25.0 Å². The quantitative estimate of drug-likeness (QED) is 0.710. The molecule has 0 unspecified atom stereocenters. The first-order valence-electron chi connectivity index (χ1n) is 7.06. The van der Waals surface area contributed by atoms with Gasteiger partial charge < -0.3 is 11.1 Å². The van der Waals surface area contributed by atoms with E-state index in [2.05, 4.69) is 36.1 Å². The lowest BCUT2D eigenvalue weighted by Crippen LogP contribution is -2.36. The highest BCUT2D eigenvalue weighted by Gasteiger charge is 2.12. The number of carbonyl (C=O) groups is 1. The van der Waals surface area contributed by atoms with Gasteiger partial charge in [-0.25, -0.2) is 4.98 Å². The lowest BCUT2D eigenvalue weighted by Gasteiger charge is -2.22. The molecule has 0 saturated heterocycles. The van der Waals surface area contributed by atoms with E-state index in [1.807, 2.05) is 4.90 Å². The molecular formula is C14H25N5O. The van der Waals surface area contributed by atoms with Crippen LogP contribution in [0.15, 0.2) is 12.4 Å². The summed E-state index contributed by atoms with van der Waals surface area (Å²) in [5, 5.41) is 3.18. The summed E-state index contributed by atoms with van der Waals surface area (Å²) in [4.78, 5) is 21.8. The maximum Gasteiger partial charge on any atom is 0.231 e. The number of hydrogen-bond donors (Lipinski definition) is 2. The van der Waals surface area contributed by atoms with Crippen LogP contribution >= 0.6 is 0 Å². The van der Waals surface area contributed by atoms with E-state index in [1.54, 1.807) is 12.4 Å². The van der Waals surface area contributed by atoms with Gasteiger partial charge in [0.25, 0.3) is 0 Å². The van der Waals surface area contributed by atoms with Crippen LogP contribution in [0.4, 0.5) is 5.82 Å². The Balaban J connectivity index is 2.60. The second-order valence-corrected chi connectivity index (χ2v) is 5.35. The largest absolute Gasteiger partial charge is 0.369 e. The summed E-state index contributed by atoms with van der Waals surface area (Å²) in [5.41, 5.74) is 6.12. The van der Waals surface area contributed by atoms with E-state index < -0.39 is 0 Å². The molecule has 0 atom stereocenters. The Morgan fingerprint density at radius 2 is 2.15 bits per heavy atom. The second-order valence-electron chi connectivity index (χ2n) is 5.35. The number of nitrogens with one attached hydrogen (secondary N) is 1. The fourth-order valence-corrected chi connectivity index (χ4v) is 1.93. The number of hydrogen-bond acceptors (Lipinski definition) is 5. The van der Waals surface area contributed by atoms with E-state index >= 15 is 0 Å². The minimum absolute atomic E-state index is 0.246. The predicted octanol–water partition coefficient (Wildman–Crippen LogP) is 1.24. The molecule has 0 bridgehead atoms. The molecule has 112 valence electrons. The maximum absolute atomic E-state index is 11.1. The highest BCUT2D eigenvalue weighted by Crippen LogP contribution is 2.06. The Morgan fingerprint density at radius 1 is 1.40 bits per heavy atom. The summed E-state index contributed by atoms with van der Waals surface area (Å²) in [6.45, 7) is 8.84. The first-order chi connectivity index (χ1) is 9.51. The zero-order valence-electron chi connectivity index (χ0n) is 12.6. The molecule has 1 rings (SSSR count). The molecule has 1 amide bonds. The van der Waals surface area contributed by atoms with Crippen molar-refractivity contribution >= 4 is 11.7 Å². The van der Waals surface area contributed by atoms with Gasteiger partial charge >= 0.3 is 0 Å². The third-order valence-corrected chi connectivity index (χ3v) is 2.65. The summed E-state index contributed by atoms with van der Waals surface area (Å²) in [7, 11) is 0. The average molecular weight is 279 g/mol. The first-order valence-corrected chi connectivity index (χ1v) is 7.06.